The topological polar surface area (TPSA) is 61.9 Å². The SMILES string of the molecule is C=CCN(Cc1ccc(Cl)s1)C(=O)CSc1n[nH]c(-c2ccccc2)n1. The van der Waals surface area contributed by atoms with Crippen molar-refractivity contribution in [3.8, 4) is 11.4 Å². The molecule has 0 aliphatic heterocycles. The first-order valence-corrected chi connectivity index (χ1v) is 10.1. The number of H-pyrrole nitrogens is 1. The summed E-state index contributed by atoms with van der Waals surface area (Å²) < 4.78 is 0.717. The summed E-state index contributed by atoms with van der Waals surface area (Å²) in [6, 6.07) is 13.5. The van der Waals surface area contributed by atoms with Gasteiger partial charge < -0.3 is 4.90 Å². The van der Waals surface area contributed by atoms with Gasteiger partial charge >= 0.3 is 0 Å². The molecule has 0 bridgehead atoms. The summed E-state index contributed by atoms with van der Waals surface area (Å²) in [7, 11) is 0. The van der Waals surface area contributed by atoms with Gasteiger partial charge in [-0.1, -0.05) is 59.8 Å². The number of nitrogens with zero attached hydrogens (tertiary/aromatic N) is 3. The number of halogens is 1. The summed E-state index contributed by atoms with van der Waals surface area (Å²) in [6.45, 7) is 4.74. The van der Waals surface area contributed by atoms with Gasteiger partial charge in [-0.25, -0.2) is 4.98 Å². The van der Waals surface area contributed by atoms with E-state index < -0.39 is 0 Å². The first-order chi connectivity index (χ1) is 12.7. The minimum absolute atomic E-state index is 0.00508. The zero-order valence-corrected chi connectivity index (χ0v) is 16.3. The Bertz CT molecular complexity index is 878. The fourth-order valence-corrected chi connectivity index (χ4v) is 4.09. The molecule has 2 heterocycles. The first-order valence-electron chi connectivity index (χ1n) is 7.89. The Morgan fingerprint density at radius 3 is 2.81 bits per heavy atom. The second-order valence-corrected chi connectivity index (χ2v) is 8.13. The van der Waals surface area contributed by atoms with Gasteiger partial charge in [-0.2, -0.15) is 0 Å². The molecule has 0 spiro atoms. The molecule has 3 aromatic rings. The minimum atomic E-state index is 0.00508. The van der Waals surface area contributed by atoms with E-state index in [-0.39, 0.29) is 11.7 Å². The third-order valence-electron chi connectivity index (χ3n) is 3.51. The summed E-state index contributed by atoms with van der Waals surface area (Å²) in [6.07, 6.45) is 1.72. The van der Waals surface area contributed by atoms with E-state index in [4.69, 9.17) is 11.6 Å². The fourth-order valence-electron chi connectivity index (χ4n) is 2.29. The van der Waals surface area contributed by atoms with Gasteiger partial charge in [0, 0.05) is 17.0 Å². The molecule has 0 aliphatic carbocycles. The van der Waals surface area contributed by atoms with Gasteiger partial charge in [0.1, 0.15) is 0 Å². The number of amides is 1. The van der Waals surface area contributed by atoms with Gasteiger partial charge in [-0.05, 0) is 12.1 Å². The summed E-state index contributed by atoms with van der Waals surface area (Å²) in [4.78, 5) is 19.8. The van der Waals surface area contributed by atoms with E-state index in [1.165, 1.54) is 23.1 Å². The molecule has 0 unspecified atom stereocenters. The Hall–Kier alpha value is -2.09. The Labute approximate surface area is 165 Å². The molecule has 134 valence electrons. The molecule has 2 aromatic heterocycles. The van der Waals surface area contributed by atoms with Crippen molar-refractivity contribution in [1.29, 1.82) is 0 Å². The maximum atomic E-state index is 12.6. The van der Waals surface area contributed by atoms with Gasteiger partial charge in [-0.3, -0.25) is 9.89 Å². The molecule has 0 aliphatic rings. The molecular weight excluding hydrogens is 388 g/mol. The van der Waals surface area contributed by atoms with E-state index in [1.807, 2.05) is 42.5 Å². The van der Waals surface area contributed by atoms with E-state index in [2.05, 4.69) is 21.8 Å². The van der Waals surface area contributed by atoms with Gasteiger partial charge in [-0.15, -0.1) is 23.0 Å². The monoisotopic (exact) mass is 404 g/mol. The Balaban J connectivity index is 1.59. The number of aromatic nitrogens is 3. The minimum Gasteiger partial charge on any atom is -0.333 e. The molecule has 1 amide bonds. The Kier molecular flexibility index (Phi) is 6.49. The normalized spacial score (nSPS) is 10.7. The van der Waals surface area contributed by atoms with Gasteiger partial charge in [0.05, 0.1) is 16.6 Å². The number of carbonyl (C=O) groups is 1. The van der Waals surface area contributed by atoms with Crippen molar-refractivity contribution in [2.45, 2.75) is 11.7 Å². The van der Waals surface area contributed by atoms with Crippen LogP contribution in [0.25, 0.3) is 11.4 Å². The third-order valence-corrected chi connectivity index (χ3v) is 5.56. The number of benzene rings is 1. The molecular formula is C18H17ClN4OS2. The number of hydrogen-bond donors (Lipinski definition) is 1. The van der Waals surface area contributed by atoms with Crippen LogP contribution in [-0.2, 0) is 11.3 Å². The van der Waals surface area contributed by atoms with Crippen LogP contribution in [0, 0.1) is 0 Å². The molecule has 5 nitrogen and oxygen atoms in total. The number of carbonyl (C=O) groups excluding carboxylic acids is 1. The Morgan fingerprint density at radius 1 is 1.31 bits per heavy atom. The molecule has 3 rings (SSSR count). The van der Waals surface area contributed by atoms with Crippen LogP contribution in [-0.4, -0.2) is 38.3 Å². The summed E-state index contributed by atoms with van der Waals surface area (Å²) in [5.41, 5.74) is 0.959. The fraction of sp³-hybridized carbons (Fsp3) is 0.167. The molecule has 0 fully saturated rings. The second-order valence-electron chi connectivity index (χ2n) is 5.39. The van der Waals surface area contributed by atoms with Crippen molar-refractivity contribution < 1.29 is 4.79 Å². The lowest BCUT2D eigenvalue weighted by Gasteiger charge is -2.19. The predicted octanol–water partition coefficient (Wildman–Crippen LogP) is 4.49. The van der Waals surface area contributed by atoms with E-state index in [9.17, 15) is 4.79 Å². The lowest BCUT2D eigenvalue weighted by Crippen LogP contribution is -2.31. The zero-order valence-electron chi connectivity index (χ0n) is 13.9. The average Bonchev–Trinajstić information content (AvgIpc) is 3.29. The maximum absolute atomic E-state index is 12.6. The highest BCUT2D eigenvalue weighted by atomic mass is 35.5. The number of thioether (sulfide) groups is 1. The molecule has 1 N–H and O–H groups in total. The smallest absolute Gasteiger partial charge is 0.233 e. The summed E-state index contributed by atoms with van der Waals surface area (Å²) in [5, 5.41) is 7.64. The van der Waals surface area contributed by atoms with Crippen LogP contribution in [0.15, 0.2) is 60.3 Å². The molecule has 0 radical (unpaired) electrons. The van der Waals surface area contributed by atoms with Crippen LogP contribution in [0.1, 0.15) is 4.88 Å². The van der Waals surface area contributed by atoms with Crippen LogP contribution in [0.2, 0.25) is 4.34 Å². The standard InChI is InChI=1S/C18H17ClN4OS2/c1-2-10-23(11-14-8-9-15(19)26-14)16(24)12-25-18-20-17(21-22-18)13-6-4-3-5-7-13/h2-9H,1,10-12H2,(H,20,21,22). The van der Waals surface area contributed by atoms with E-state index in [0.717, 1.165) is 14.8 Å². The predicted molar refractivity (Wildman–Crippen MR) is 107 cm³/mol. The molecule has 8 heteroatoms. The van der Waals surface area contributed by atoms with Gasteiger partial charge in [0.15, 0.2) is 5.82 Å². The molecule has 0 atom stereocenters. The van der Waals surface area contributed by atoms with Crippen molar-refractivity contribution in [3.63, 3.8) is 0 Å². The van der Waals surface area contributed by atoms with Crippen molar-refractivity contribution in [2.24, 2.45) is 0 Å². The maximum Gasteiger partial charge on any atom is 0.233 e. The van der Waals surface area contributed by atoms with Crippen LogP contribution in [0.4, 0.5) is 0 Å². The number of hydrogen-bond acceptors (Lipinski definition) is 5. The van der Waals surface area contributed by atoms with Crippen molar-refractivity contribution in [1.82, 2.24) is 20.1 Å². The van der Waals surface area contributed by atoms with Crippen molar-refractivity contribution in [2.75, 3.05) is 12.3 Å². The van der Waals surface area contributed by atoms with E-state index in [1.54, 1.807) is 11.0 Å². The lowest BCUT2D eigenvalue weighted by molar-refractivity contribution is -0.128. The van der Waals surface area contributed by atoms with Crippen molar-refractivity contribution in [3.05, 3.63) is 64.3 Å². The number of rotatable bonds is 8. The quantitative estimate of drug-likeness (QED) is 0.443. The van der Waals surface area contributed by atoms with Crippen LogP contribution in [0.3, 0.4) is 0 Å². The Morgan fingerprint density at radius 2 is 2.12 bits per heavy atom. The highest BCUT2D eigenvalue weighted by molar-refractivity contribution is 7.99. The van der Waals surface area contributed by atoms with E-state index in [0.29, 0.717) is 24.1 Å². The van der Waals surface area contributed by atoms with Crippen LogP contribution >= 0.6 is 34.7 Å². The van der Waals surface area contributed by atoms with Gasteiger partial charge in [0.25, 0.3) is 0 Å². The second kappa shape index (κ2) is 9.02. The average molecular weight is 405 g/mol. The number of thiophene rings is 1. The largest absolute Gasteiger partial charge is 0.333 e. The summed E-state index contributed by atoms with van der Waals surface area (Å²) >= 11 is 8.75. The molecule has 1 aromatic carbocycles. The van der Waals surface area contributed by atoms with Crippen LogP contribution < -0.4 is 0 Å². The molecule has 26 heavy (non-hydrogen) atoms. The third kappa shape index (κ3) is 4.97. The number of aromatic amines is 1. The number of nitrogens with one attached hydrogen (secondary N) is 1. The highest BCUT2D eigenvalue weighted by Gasteiger charge is 2.16. The van der Waals surface area contributed by atoms with E-state index >= 15 is 0 Å². The highest BCUT2D eigenvalue weighted by Crippen LogP contribution is 2.24. The molecule has 0 saturated carbocycles. The van der Waals surface area contributed by atoms with Crippen LogP contribution in [0.5, 0.6) is 0 Å². The van der Waals surface area contributed by atoms with Gasteiger partial charge in [0.2, 0.25) is 11.1 Å². The van der Waals surface area contributed by atoms with Crippen molar-refractivity contribution >= 4 is 40.6 Å². The first kappa shape index (κ1) is 18.7. The molecule has 0 saturated heterocycles. The summed E-state index contributed by atoms with van der Waals surface area (Å²) in [5.74, 6) is 0.959. The zero-order chi connectivity index (χ0) is 18.4. The lowest BCUT2D eigenvalue weighted by atomic mass is 10.2.